The van der Waals surface area contributed by atoms with E-state index >= 15 is 0 Å². The van der Waals surface area contributed by atoms with Gasteiger partial charge in [0, 0.05) is 37.6 Å². The van der Waals surface area contributed by atoms with Gasteiger partial charge in [0.25, 0.3) is 0 Å². The lowest BCUT2D eigenvalue weighted by Crippen LogP contribution is -2.39. The number of aryl methyl sites for hydroxylation is 2. The van der Waals surface area contributed by atoms with E-state index in [9.17, 15) is 0 Å². The Hall–Kier alpha value is -2.51. The first-order valence-corrected chi connectivity index (χ1v) is 10.8. The molecular weight excluding hydrogens is 404 g/mol. The largest absolute Gasteiger partial charge is 0.454 e. The Labute approximate surface area is 180 Å². The molecule has 0 spiro atoms. The fourth-order valence-corrected chi connectivity index (χ4v) is 4.51. The zero-order valence-corrected chi connectivity index (χ0v) is 17.8. The Morgan fingerprint density at radius 3 is 2.90 bits per heavy atom. The maximum atomic E-state index is 6.45. The molecule has 0 N–H and O–H groups in total. The predicted molar refractivity (Wildman–Crippen MR) is 113 cm³/mol. The third kappa shape index (κ3) is 3.91. The predicted octanol–water partition coefficient (Wildman–Crippen LogP) is 4.67. The average molecular weight is 429 g/mol. The van der Waals surface area contributed by atoms with E-state index in [0.717, 1.165) is 43.1 Å². The van der Waals surface area contributed by atoms with Crippen molar-refractivity contribution < 1.29 is 13.9 Å². The molecule has 0 amide bonds. The van der Waals surface area contributed by atoms with Crippen molar-refractivity contribution >= 4 is 11.6 Å². The Kier molecular flexibility index (Phi) is 5.39. The minimum Gasteiger partial charge on any atom is -0.454 e. The van der Waals surface area contributed by atoms with E-state index in [1.807, 2.05) is 36.1 Å². The molecule has 30 heavy (non-hydrogen) atoms. The van der Waals surface area contributed by atoms with Crippen molar-refractivity contribution in [3.63, 3.8) is 0 Å². The standard InChI is InChI=1S/C22H25ClN4O3/c1-15-19(13-26-8-3-2-5-16(26)6-10-27-9-4-7-24-27)25-22(30-15)17-11-20-21(12-18(17)23)29-14-28-20/h4,7,9,11-12,16H,2-3,5-6,8,10,13-14H2,1H3/t16-/m1/s1. The van der Waals surface area contributed by atoms with Crippen LogP contribution in [0.15, 0.2) is 35.0 Å². The summed E-state index contributed by atoms with van der Waals surface area (Å²) in [5, 5.41) is 4.88. The molecule has 0 aliphatic carbocycles. The van der Waals surface area contributed by atoms with Gasteiger partial charge in [0.05, 0.1) is 16.3 Å². The molecule has 1 fully saturated rings. The molecule has 4 heterocycles. The number of piperidine rings is 1. The zero-order chi connectivity index (χ0) is 20.5. The molecule has 8 heteroatoms. The summed E-state index contributed by atoms with van der Waals surface area (Å²) in [6.07, 6.45) is 8.64. The summed E-state index contributed by atoms with van der Waals surface area (Å²) in [6, 6.07) is 6.10. The average Bonchev–Trinajstić information content (AvgIpc) is 3.48. The monoisotopic (exact) mass is 428 g/mol. The normalized spacial score (nSPS) is 18.8. The first-order chi connectivity index (χ1) is 14.7. The van der Waals surface area contributed by atoms with E-state index in [-0.39, 0.29) is 6.79 Å². The Balaban J connectivity index is 1.33. The van der Waals surface area contributed by atoms with Gasteiger partial charge in [0.15, 0.2) is 11.5 Å². The van der Waals surface area contributed by atoms with Gasteiger partial charge < -0.3 is 13.9 Å². The summed E-state index contributed by atoms with van der Waals surface area (Å²) in [5.41, 5.74) is 1.69. The van der Waals surface area contributed by atoms with Crippen molar-refractivity contribution in [3.8, 4) is 23.0 Å². The highest BCUT2D eigenvalue weighted by Crippen LogP contribution is 2.41. The molecule has 2 aliphatic heterocycles. The molecule has 5 rings (SSSR count). The van der Waals surface area contributed by atoms with Gasteiger partial charge in [-0.05, 0) is 44.9 Å². The van der Waals surface area contributed by atoms with E-state index < -0.39 is 0 Å². The third-order valence-corrected chi connectivity index (χ3v) is 6.25. The molecule has 0 unspecified atom stereocenters. The van der Waals surface area contributed by atoms with Gasteiger partial charge in [-0.25, -0.2) is 4.98 Å². The second kappa shape index (κ2) is 8.32. The van der Waals surface area contributed by atoms with Gasteiger partial charge in [-0.2, -0.15) is 5.10 Å². The number of rotatable bonds is 6. The highest BCUT2D eigenvalue weighted by Gasteiger charge is 2.26. The molecular formula is C22H25ClN4O3. The van der Waals surface area contributed by atoms with E-state index in [1.165, 1.54) is 19.3 Å². The van der Waals surface area contributed by atoms with E-state index in [4.69, 9.17) is 30.5 Å². The lowest BCUT2D eigenvalue weighted by atomic mass is 9.99. The van der Waals surface area contributed by atoms with Crippen molar-refractivity contribution in [2.45, 2.75) is 51.7 Å². The summed E-state index contributed by atoms with van der Waals surface area (Å²) in [5.74, 6) is 2.67. The summed E-state index contributed by atoms with van der Waals surface area (Å²) >= 11 is 6.45. The Morgan fingerprint density at radius 1 is 1.20 bits per heavy atom. The number of oxazole rings is 1. The fourth-order valence-electron chi connectivity index (χ4n) is 4.27. The summed E-state index contributed by atoms with van der Waals surface area (Å²) in [4.78, 5) is 7.33. The highest BCUT2D eigenvalue weighted by molar-refractivity contribution is 6.33. The van der Waals surface area contributed by atoms with Crippen LogP contribution in [0.25, 0.3) is 11.5 Å². The zero-order valence-electron chi connectivity index (χ0n) is 17.0. The van der Waals surface area contributed by atoms with Crippen LogP contribution in [0.4, 0.5) is 0 Å². The van der Waals surface area contributed by atoms with Crippen LogP contribution in [0.3, 0.4) is 0 Å². The molecule has 1 saturated heterocycles. The molecule has 0 bridgehead atoms. The number of aromatic nitrogens is 3. The van der Waals surface area contributed by atoms with Crippen LogP contribution >= 0.6 is 11.6 Å². The lowest BCUT2D eigenvalue weighted by molar-refractivity contribution is 0.125. The minimum absolute atomic E-state index is 0.208. The van der Waals surface area contributed by atoms with Gasteiger partial charge >= 0.3 is 0 Å². The number of benzene rings is 1. The maximum absolute atomic E-state index is 6.45. The van der Waals surface area contributed by atoms with E-state index in [0.29, 0.717) is 28.5 Å². The quantitative estimate of drug-likeness (QED) is 0.568. The van der Waals surface area contributed by atoms with Crippen LogP contribution in [0, 0.1) is 6.92 Å². The van der Waals surface area contributed by atoms with Crippen LogP contribution in [-0.4, -0.2) is 39.0 Å². The van der Waals surface area contributed by atoms with Crippen molar-refractivity contribution in [2.24, 2.45) is 0 Å². The number of nitrogens with zero attached hydrogens (tertiary/aromatic N) is 4. The molecule has 0 radical (unpaired) electrons. The van der Waals surface area contributed by atoms with Crippen LogP contribution in [0.2, 0.25) is 5.02 Å². The molecule has 7 nitrogen and oxygen atoms in total. The van der Waals surface area contributed by atoms with Crippen molar-refractivity contribution in [3.05, 3.63) is 47.1 Å². The second-order valence-corrected chi connectivity index (χ2v) is 8.29. The molecule has 3 aromatic rings. The number of fused-ring (bicyclic) bond motifs is 1. The van der Waals surface area contributed by atoms with Gasteiger partial charge in [0.1, 0.15) is 5.76 Å². The van der Waals surface area contributed by atoms with Crippen molar-refractivity contribution in [2.75, 3.05) is 13.3 Å². The number of hydrogen-bond acceptors (Lipinski definition) is 6. The van der Waals surface area contributed by atoms with Crippen molar-refractivity contribution in [1.29, 1.82) is 0 Å². The maximum Gasteiger partial charge on any atom is 0.231 e. The number of hydrogen-bond donors (Lipinski definition) is 0. The first kappa shape index (κ1) is 19.5. The van der Waals surface area contributed by atoms with E-state index in [1.54, 1.807) is 6.07 Å². The topological polar surface area (TPSA) is 65.6 Å². The van der Waals surface area contributed by atoms with Gasteiger partial charge in [-0.15, -0.1) is 0 Å². The van der Waals surface area contributed by atoms with E-state index in [2.05, 4.69) is 10.00 Å². The van der Waals surface area contributed by atoms with Gasteiger partial charge in [-0.1, -0.05) is 18.0 Å². The Bertz CT molecular complexity index is 1020. The molecule has 2 aromatic heterocycles. The molecule has 2 aliphatic rings. The van der Waals surface area contributed by atoms with Crippen LogP contribution in [0.5, 0.6) is 11.5 Å². The summed E-state index contributed by atoms with van der Waals surface area (Å²) < 4.78 is 18.9. The number of ether oxygens (including phenoxy) is 2. The SMILES string of the molecule is Cc1oc(-c2cc3c(cc2Cl)OCO3)nc1CN1CCCC[C@@H]1CCn1cccn1. The van der Waals surface area contributed by atoms with Crippen molar-refractivity contribution in [1.82, 2.24) is 19.7 Å². The minimum atomic E-state index is 0.208. The van der Waals surface area contributed by atoms with Crippen LogP contribution in [0.1, 0.15) is 37.1 Å². The molecule has 1 aromatic carbocycles. The lowest BCUT2D eigenvalue weighted by Gasteiger charge is -2.35. The number of halogens is 1. The molecule has 1 atom stereocenters. The first-order valence-electron chi connectivity index (χ1n) is 10.4. The number of likely N-dealkylation sites (tertiary alicyclic amines) is 1. The molecule has 158 valence electrons. The smallest absolute Gasteiger partial charge is 0.231 e. The van der Waals surface area contributed by atoms with Crippen LogP contribution < -0.4 is 9.47 Å². The Morgan fingerprint density at radius 2 is 2.07 bits per heavy atom. The van der Waals surface area contributed by atoms with Gasteiger partial charge in [0.2, 0.25) is 12.7 Å². The summed E-state index contributed by atoms with van der Waals surface area (Å²) in [6.45, 7) is 4.97. The van der Waals surface area contributed by atoms with Gasteiger partial charge in [-0.3, -0.25) is 9.58 Å². The fraction of sp³-hybridized carbons (Fsp3) is 0.455. The highest BCUT2D eigenvalue weighted by atomic mass is 35.5. The third-order valence-electron chi connectivity index (χ3n) is 5.94. The summed E-state index contributed by atoms with van der Waals surface area (Å²) in [7, 11) is 0. The molecule has 0 saturated carbocycles. The second-order valence-electron chi connectivity index (χ2n) is 7.89. The van der Waals surface area contributed by atoms with Crippen LogP contribution in [-0.2, 0) is 13.1 Å².